The highest BCUT2D eigenvalue weighted by molar-refractivity contribution is 9.11. The highest BCUT2D eigenvalue weighted by Crippen LogP contribution is 2.34. The number of carbonyl (C=O) groups excluding carboxylic acids is 1. The van der Waals surface area contributed by atoms with E-state index in [1.165, 1.54) is 6.42 Å². The molecular weight excluding hydrogens is 360 g/mol. The van der Waals surface area contributed by atoms with Gasteiger partial charge in [0.1, 0.15) is 0 Å². The van der Waals surface area contributed by atoms with Crippen molar-refractivity contribution in [3.05, 3.63) is 21.1 Å². The number of hydrogen-bond acceptors (Lipinski definition) is 2. The third-order valence-electron chi connectivity index (χ3n) is 3.29. The highest BCUT2D eigenvalue weighted by atomic mass is 79.9. The monoisotopic (exact) mass is 374 g/mol. The number of nitrogens with two attached hydrogens (primary N) is 1. The fourth-order valence-electron chi connectivity index (χ4n) is 2.30. The van der Waals surface area contributed by atoms with Crippen LogP contribution in [0.15, 0.2) is 21.1 Å². The summed E-state index contributed by atoms with van der Waals surface area (Å²) in [5.41, 5.74) is 7.15. The summed E-state index contributed by atoms with van der Waals surface area (Å²) in [7, 11) is 0. The summed E-state index contributed by atoms with van der Waals surface area (Å²) < 4.78 is 1.61. The molecule has 3 N–H and O–H groups in total. The van der Waals surface area contributed by atoms with Crippen LogP contribution in [-0.4, -0.2) is 5.91 Å². The number of nitrogens with one attached hydrogen (secondary N) is 1. The summed E-state index contributed by atoms with van der Waals surface area (Å²) in [6, 6.07) is 3.59. The van der Waals surface area contributed by atoms with E-state index in [1.54, 1.807) is 12.1 Å². The first-order chi connectivity index (χ1) is 8.58. The van der Waals surface area contributed by atoms with E-state index in [1.807, 2.05) is 0 Å². The fraction of sp³-hybridized carbons (Fsp3) is 0.462. The SMILES string of the molecule is Nc1cc(Br)c(NC(=O)C2CCCCC2)c(Br)c1. The van der Waals surface area contributed by atoms with Gasteiger partial charge in [0.15, 0.2) is 0 Å². The number of benzene rings is 1. The van der Waals surface area contributed by atoms with Crippen molar-refractivity contribution in [1.29, 1.82) is 0 Å². The first-order valence-corrected chi connectivity index (χ1v) is 7.72. The summed E-state index contributed by atoms with van der Waals surface area (Å²) >= 11 is 6.85. The molecule has 0 aliphatic heterocycles. The first-order valence-electron chi connectivity index (χ1n) is 6.13. The second-order valence-corrected chi connectivity index (χ2v) is 6.39. The summed E-state index contributed by atoms with van der Waals surface area (Å²) in [4.78, 5) is 12.2. The lowest BCUT2D eigenvalue weighted by Gasteiger charge is -2.21. The van der Waals surface area contributed by atoms with Crippen LogP contribution in [0, 0.1) is 5.92 Å². The van der Waals surface area contributed by atoms with Crippen LogP contribution in [0.25, 0.3) is 0 Å². The van der Waals surface area contributed by atoms with Gasteiger partial charge in [-0.1, -0.05) is 19.3 Å². The molecule has 0 unspecified atom stereocenters. The molecule has 98 valence electrons. The zero-order valence-electron chi connectivity index (χ0n) is 10.0. The Kier molecular flexibility index (Phi) is 4.67. The average molecular weight is 376 g/mol. The van der Waals surface area contributed by atoms with Gasteiger partial charge in [-0.25, -0.2) is 0 Å². The Labute approximate surface area is 124 Å². The highest BCUT2D eigenvalue weighted by Gasteiger charge is 2.22. The minimum atomic E-state index is 0.112. The van der Waals surface area contributed by atoms with Gasteiger partial charge in [-0.3, -0.25) is 4.79 Å². The average Bonchev–Trinajstić information content (AvgIpc) is 2.34. The molecule has 1 aliphatic carbocycles. The van der Waals surface area contributed by atoms with Crippen molar-refractivity contribution < 1.29 is 4.79 Å². The third kappa shape index (κ3) is 3.26. The molecule has 0 heterocycles. The van der Waals surface area contributed by atoms with Crippen molar-refractivity contribution in [2.45, 2.75) is 32.1 Å². The van der Waals surface area contributed by atoms with E-state index in [0.29, 0.717) is 5.69 Å². The number of amides is 1. The molecule has 1 aromatic rings. The maximum atomic E-state index is 12.2. The molecule has 2 rings (SSSR count). The molecular formula is C13H16Br2N2O. The molecule has 1 aliphatic rings. The van der Waals surface area contributed by atoms with E-state index < -0.39 is 0 Å². The number of halogens is 2. The molecule has 1 aromatic carbocycles. The summed E-state index contributed by atoms with van der Waals surface area (Å²) in [5, 5.41) is 2.99. The van der Waals surface area contributed by atoms with E-state index in [9.17, 15) is 4.79 Å². The molecule has 0 atom stereocenters. The number of nitrogen functional groups attached to an aromatic ring is 1. The van der Waals surface area contributed by atoms with Crippen molar-refractivity contribution >= 4 is 49.1 Å². The quantitative estimate of drug-likeness (QED) is 0.756. The summed E-state index contributed by atoms with van der Waals surface area (Å²) in [6.45, 7) is 0. The van der Waals surface area contributed by atoms with Crippen LogP contribution in [0.4, 0.5) is 11.4 Å². The predicted octanol–water partition coefficient (Wildman–Crippen LogP) is 4.31. The Morgan fingerprint density at radius 3 is 2.28 bits per heavy atom. The lowest BCUT2D eigenvalue weighted by Crippen LogP contribution is -2.25. The van der Waals surface area contributed by atoms with Crippen molar-refractivity contribution in [1.82, 2.24) is 0 Å². The Bertz CT molecular complexity index is 433. The molecule has 5 heteroatoms. The third-order valence-corrected chi connectivity index (χ3v) is 4.54. The predicted molar refractivity (Wildman–Crippen MR) is 81.5 cm³/mol. The van der Waals surface area contributed by atoms with Crippen LogP contribution in [0.2, 0.25) is 0 Å². The molecule has 3 nitrogen and oxygen atoms in total. The van der Waals surface area contributed by atoms with Gasteiger partial charge in [0, 0.05) is 20.6 Å². The van der Waals surface area contributed by atoms with Gasteiger partial charge in [0.2, 0.25) is 5.91 Å². The van der Waals surface area contributed by atoms with Crippen LogP contribution in [0.1, 0.15) is 32.1 Å². The standard InChI is InChI=1S/C13H16Br2N2O/c14-10-6-9(16)7-11(15)12(10)17-13(18)8-4-2-1-3-5-8/h6-8H,1-5,16H2,(H,17,18). The Morgan fingerprint density at radius 2 is 1.72 bits per heavy atom. The molecule has 1 saturated carbocycles. The number of hydrogen-bond donors (Lipinski definition) is 2. The molecule has 0 saturated heterocycles. The van der Waals surface area contributed by atoms with E-state index >= 15 is 0 Å². The van der Waals surface area contributed by atoms with Crippen molar-refractivity contribution in [2.24, 2.45) is 5.92 Å². The minimum Gasteiger partial charge on any atom is -0.399 e. The van der Waals surface area contributed by atoms with Gasteiger partial charge in [-0.05, 0) is 56.8 Å². The maximum absolute atomic E-state index is 12.2. The molecule has 1 fully saturated rings. The molecule has 1 amide bonds. The molecule has 0 aromatic heterocycles. The maximum Gasteiger partial charge on any atom is 0.227 e. The van der Waals surface area contributed by atoms with Crippen LogP contribution < -0.4 is 11.1 Å². The van der Waals surface area contributed by atoms with Crippen molar-refractivity contribution in [3.8, 4) is 0 Å². The van der Waals surface area contributed by atoms with Gasteiger partial charge < -0.3 is 11.1 Å². The van der Waals surface area contributed by atoms with Crippen LogP contribution in [0.3, 0.4) is 0 Å². The Hall–Kier alpha value is -0.550. The molecule has 0 radical (unpaired) electrons. The van der Waals surface area contributed by atoms with E-state index in [4.69, 9.17) is 5.73 Å². The zero-order chi connectivity index (χ0) is 13.1. The molecule has 0 spiro atoms. The van der Waals surface area contributed by atoms with Gasteiger partial charge in [0.05, 0.1) is 5.69 Å². The summed E-state index contributed by atoms with van der Waals surface area (Å²) in [6.07, 6.45) is 5.55. The minimum absolute atomic E-state index is 0.112. The van der Waals surface area contributed by atoms with E-state index in [-0.39, 0.29) is 11.8 Å². The first kappa shape index (κ1) is 13.9. The van der Waals surface area contributed by atoms with Crippen molar-refractivity contribution in [2.75, 3.05) is 11.1 Å². The smallest absolute Gasteiger partial charge is 0.227 e. The molecule has 0 bridgehead atoms. The number of rotatable bonds is 2. The topological polar surface area (TPSA) is 55.1 Å². The largest absolute Gasteiger partial charge is 0.399 e. The molecule has 18 heavy (non-hydrogen) atoms. The fourth-order valence-corrected chi connectivity index (χ4v) is 3.72. The van der Waals surface area contributed by atoms with Crippen LogP contribution in [-0.2, 0) is 4.79 Å². The van der Waals surface area contributed by atoms with E-state index in [2.05, 4.69) is 37.2 Å². The summed E-state index contributed by atoms with van der Waals surface area (Å²) in [5.74, 6) is 0.260. The number of carbonyl (C=O) groups is 1. The lowest BCUT2D eigenvalue weighted by atomic mass is 9.88. The Morgan fingerprint density at radius 1 is 1.17 bits per heavy atom. The van der Waals surface area contributed by atoms with Gasteiger partial charge in [-0.2, -0.15) is 0 Å². The van der Waals surface area contributed by atoms with Gasteiger partial charge in [0.25, 0.3) is 0 Å². The number of anilines is 2. The lowest BCUT2D eigenvalue weighted by molar-refractivity contribution is -0.120. The van der Waals surface area contributed by atoms with Gasteiger partial charge >= 0.3 is 0 Å². The van der Waals surface area contributed by atoms with Gasteiger partial charge in [-0.15, -0.1) is 0 Å². The van der Waals surface area contributed by atoms with Crippen molar-refractivity contribution in [3.63, 3.8) is 0 Å². The Balaban J connectivity index is 2.11. The van der Waals surface area contributed by atoms with Crippen LogP contribution in [0.5, 0.6) is 0 Å². The second kappa shape index (κ2) is 6.06. The van der Waals surface area contributed by atoms with E-state index in [0.717, 1.165) is 40.3 Å². The van der Waals surface area contributed by atoms with Crippen LogP contribution >= 0.6 is 31.9 Å². The normalized spacial score (nSPS) is 16.6. The zero-order valence-corrected chi connectivity index (χ0v) is 13.2. The second-order valence-electron chi connectivity index (χ2n) is 4.68.